The first-order valence-corrected chi connectivity index (χ1v) is 4.97. The molecule has 0 atom stereocenters. The van der Waals surface area contributed by atoms with Gasteiger partial charge in [0.25, 0.3) is 0 Å². The van der Waals surface area contributed by atoms with Crippen molar-refractivity contribution in [2.75, 3.05) is 13.2 Å². The quantitative estimate of drug-likeness (QED) is 0.809. The number of rotatable bonds is 5. The molecule has 0 fully saturated rings. The molecular formula is C12H15FO2. The van der Waals surface area contributed by atoms with Crippen LogP contribution in [0.15, 0.2) is 24.3 Å². The molecule has 1 N–H and O–H groups in total. The molecule has 0 aliphatic carbocycles. The summed E-state index contributed by atoms with van der Waals surface area (Å²) < 4.78 is 18.2. The van der Waals surface area contributed by atoms with Crippen LogP contribution in [0.1, 0.15) is 18.9 Å². The number of aliphatic hydroxyl groups is 1. The third kappa shape index (κ3) is 3.72. The van der Waals surface area contributed by atoms with E-state index in [4.69, 9.17) is 9.84 Å². The molecule has 1 aromatic carbocycles. The van der Waals surface area contributed by atoms with Gasteiger partial charge in [0, 0.05) is 5.56 Å². The summed E-state index contributed by atoms with van der Waals surface area (Å²) in [7, 11) is 0. The minimum absolute atomic E-state index is 0.0473. The number of hydrogen-bond acceptors (Lipinski definition) is 2. The fourth-order valence-corrected chi connectivity index (χ4v) is 1.18. The number of hydrogen-bond donors (Lipinski definition) is 1. The molecule has 0 bridgehead atoms. The van der Waals surface area contributed by atoms with E-state index >= 15 is 0 Å². The number of allylic oxidation sites excluding steroid dienone is 1. The normalized spacial score (nSPS) is 10.9. The lowest BCUT2D eigenvalue weighted by molar-refractivity contribution is 0.201. The van der Waals surface area contributed by atoms with Crippen molar-refractivity contribution in [2.24, 2.45) is 0 Å². The first-order chi connectivity index (χ1) is 7.27. The molecule has 82 valence electrons. The lowest BCUT2D eigenvalue weighted by Gasteiger charge is -2.07. The molecule has 0 spiro atoms. The fourth-order valence-electron chi connectivity index (χ4n) is 1.18. The Morgan fingerprint density at radius 3 is 2.93 bits per heavy atom. The van der Waals surface area contributed by atoms with Crippen molar-refractivity contribution in [1.82, 2.24) is 0 Å². The molecule has 0 aliphatic heterocycles. The topological polar surface area (TPSA) is 29.5 Å². The van der Waals surface area contributed by atoms with Gasteiger partial charge >= 0.3 is 0 Å². The minimum Gasteiger partial charge on any atom is -0.491 e. The van der Waals surface area contributed by atoms with Gasteiger partial charge < -0.3 is 9.84 Å². The maximum atomic E-state index is 13.0. The third-order valence-corrected chi connectivity index (χ3v) is 1.85. The van der Waals surface area contributed by atoms with Crippen molar-refractivity contribution in [1.29, 1.82) is 0 Å². The van der Waals surface area contributed by atoms with Crippen LogP contribution in [0.4, 0.5) is 4.39 Å². The molecule has 0 aromatic heterocycles. The van der Waals surface area contributed by atoms with Gasteiger partial charge in [-0.3, -0.25) is 0 Å². The van der Waals surface area contributed by atoms with Gasteiger partial charge in [-0.15, -0.1) is 0 Å². The van der Waals surface area contributed by atoms with Crippen LogP contribution in [0.5, 0.6) is 5.75 Å². The maximum absolute atomic E-state index is 13.0. The smallest absolute Gasteiger partial charge is 0.126 e. The molecule has 1 rings (SSSR count). The highest BCUT2D eigenvalue weighted by Crippen LogP contribution is 2.21. The molecule has 0 heterocycles. The summed E-state index contributed by atoms with van der Waals surface area (Å²) in [6.07, 6.45) is 4.63. The van der Waals surface area contributed by atoms with Gasteiger partial charge in [-0.2, -0.15) is 0 Å². The van der Waals surface area contributed by atoms with E-state index in [1.54, 1.807) is 6.07 Å². The van der Waals surface area contributed by atoms with Gasteiger partial charge in [0.2, 0.25) is 0 Å². The summed E-state index contributed by atoms with van der Waals surface area (Å²) in [6, 6.07) is 4.33. The summed E-state index contributed by atoms with van der Waals surface area (Å²) in [5, 5.41) is 8.63. The highest BCUT2D eigenvalue weighted by Gasteiger charge is 2.01. The largest absolute Gasteiger partial charge is 0.491 e. The second-order valence-corrected chi connectivity index (χ2v) is 3.06. The van der Waals surface area contributed by atoms with Gasteiger partial charge in [-0.25, -0.2) is 4.39 Å². The number of halogens is 1. The summed E-state index contributed by atoms with van der Waals surface area (Å²) in [6.45, 7) is 2.18. The van der Waals surface area contributed by atoms with Crippen molar-refractivity contribution in [3.8, 4) is 5.75 Å². The molecule has 0 aliphatic rings. The van der Waals surface area contributed by atoms with E-state index in [9.17, 15) is 4.39 Å². The van der Waals surface area contributed by atoms with Gasteiger partial charge in [-0.1, -0.05) is 19.1 Å². The van der Waals surface area contributed by atoms with Gasteiger partial charge in [0.15, 0.2) is 0 Å². The zero-order valence-corrected chi connectivity index (χ0v) is 8.74. The SMILES string of the molecule is CC/C=C/c1cc(F)ccc1OCCO. The lowest BCUT2D eigenvalue weighted by Crippen LogP contribution is -2.02. The first-order valence-electron chi connectivity index (χ1n) is 4.97. The molecule has 0 radical (unpaired) electrons. The molecule has 1 aromatic rings. The van der Waals surface area contributed by atoms with Gasteiger partial charge in [-0.05, 0) is 24.6 Å². The number of aliphatic hydroxyl groups excluding tert-OH is 1. The standard InChI is InChI=1S/C12H15FO2/c1-2-3-4-10-9-11(13)5-6-12(10)15-8-7-14/h3-6,9,14H,2,7-8H2,1H3/b4-3+. The zero-order chi connectivity index (χ0) is 11.1. The Morgan fingerprint density at radius 1 is 1.47 bits per heavy atom. The Labute approximate surface area is 89.0 Å². The number of benzene rings is 1. The Kier molecular flexibility index (Phi) is 4.84. The molecule has 0 amide bonds. The first kappa shape index (κ1) is 11.7. The summed E-state index contributed by atoms with van der Waals surface area (Å²) >= 11 is 0. The van der Waals surface area contributed by atoms with Crippen LogP contribution in [0.2, 0.25) is 0 Å². The van der Waals surface area contributed by atoms with Crippen molar-refractivity contribution in [3.05, 3.63) is 35.7 Å². The van der Waals surface area contributed by atoms with Crippen LogP contribution in [0.25, 0.3) is 6.08 Å². The van der Waals surface area contributed by atoms with Gasteiger partial charge in [0.1, 0.15) is 18.2 Å². The van der Waals surface area contributed by atoms with Crippen molar-refractivity contribution in [3.63, 3.8) is 0 Å². The monoisotopic (exact) mass is 210 g/mol. The fraction of sp³-hybridized carbons (Fsp3) is 0.333. The zero-order valence-electron chi connectivity index (χ0n) is 8.74. The molecule has 0 unspecified atom stereocenters. The van der Waals surface area contributed by atoms with Gasteiger partial charge in [0.05, 0.1) is 6.61 Å². The lowest BCUT2D eigenvalue weighted by atomic mass is 10.1. The molecule has 2 nitrogen and oxygen atoms in total. The van der Waals surface area contributed by atoms with Crippen LogP contribution in [0.3, 0.4) is 0 Å². The van der Waals surface area contributed by atoms with Crippen LogP contribution in [-0.2, 0) is 0 Å². The number of ether oxygens (including phenoxy) is 1. The van der Waals surface area contributed by atoms with E-state index in [1.807, 2.05) is 19.1 Å². The summed E-state index contributed by atoms with van der Waals surface area (Å²) in [5.74, 6) is 0.303. The molecule has 0 saturated carbocycles. The summed E-state index contributed by atoms with van der Waals surface area (Å²) in [4.78, 5) is 0. The second kappa shape index (κ2) is 6.19. The average Bonchev–Trinajstić information content (AvgIpc) is 2.25. The van der Waals surface area contributed by atoms with Crippen molar-refractivity contribution in [2.45, 2.75) is 13.3 Å². The van der Waals surface area contributed by atoms with E-state index in [1.165, 1.54) is 12.1 Å². The Bertz CT molecular complexity index is 334. The average molecular weight is 210 g/mol. The third-order valence-electron chi connectivity index (χ3n) is 1.85. The highest BCUT2D eigenvalue weighted by atomic mass is 19.1. The molecule has 3 heteroatoms. The van der Waals surface area contributed by atoms with E-state index in [0.29, 0.717) is 11.3 Å². The minimum atomic E-state index is -0.290. The molecule has 0 saturated heterocycles. The van der Waals surface area contributed by atoms with E-state index in [-0.39, 0.29) is 19.0 Å². The van der Waals surface area contributed by atoms with Crippen LogP contribution in [0, 0.1) is 5.82 Å². The van der Waals surface area contributed by atoms with E-state index < -0.39 is 0 Å². The second-order valence-electron chi connectivity index (χ2n) is 3.06. The highest BCUT2D eigenvalue weighted by molar-refractivity contribution is 5.57. The van der Waals surface area contributed by atoms with Crippen molar-refractivity contribution < 1.29 is 14.2 Å². The summed E-state index contributed by atoms with van der Waals surface area (Å²) in [5.41, 5.74) is 0.699. The van der Waals surface area contributed by atoms with Crippen molar-refractivity contribution >= 4 is 6.08 Å². The predicted molar refractivity (Wildman–Crippen MR) is 58.3 cm³/mol. The molecule has 15 heavy (non-hydrogen) atoms. The van der Waals surface area contributed by atoms with E-state index in [2.05, 4.69) is 0 Å². The maximum Gasteiger partial charge on any atom is 0.126 e. The van der Waals surface area contributed by atoms with Crippen LogP contribution in [-0.4, -0.2) is 18.3 Å². The van der Waals surface area contributed by atoms with E-state index in [0.717, 1.165) is 6.42 Å². The Hall–Kier alpha value is -1.35. The molecular weight excluding hydrogens is 195 g/mol. The van der Waals surface area contributed by atoms with Crippen LogP contribution >= 0.6 is 0 Å². The van der Waals surface area contributed by atoms with Crippen LogP contribution < -0.4 is 4.74 Å². The Morgan fingerprint density at radius 2 is 2.27 bits per heavy atom. The Balaban J connectivity index is 2.87. The predicted octanol–water partition coefficient (Wildman–Crippen LogP) is 2.62.